The standard InChI is InChI=1S/C16H12Cl2N4O2/c1-9(15(23)19-12-7-10(17)6-11(18)8-12)22-16(24)13-4-2-3-5-14(13)20-21-22/h2-9H,1H3,(H,19,23)/t9-/m1/s1. The molecule has 0 aliphatic carbocycles. The minimum Gasteiger partial charge on any atom is -0.324 e. The van der Waals surface area contributed by atoms with Crippen molar-refractivity contribution in [1.29, 1.82) is 0 Å². The molecule has 0 saturated heterocycles. The molecule has 2 aromatic carbocycles. The molecule has 24 heavy (non-hydrogen) atoms. The number of aromatic nitrogens is 3. The predicted octanol–water partition coefficient (Wildman–Crippen LogP) is 3.30. The summed E-state index contributed by atoms with van der Waals surface area (Å²) in [5, 5.41) is 11.7. The third-order valence-electron chi connectivity index (χ3n) is 3.47. The van der Waals surface area contributed by atoms with Crippen LogP contribution in [0.4, 0.5) is 5.69 Å². The van der Waals surface area contributed by atoms with Gasteiger partial charge in [0.1, 0.15) is 11.6 Å². The molecule has 0 saturated carbocycles. The van der Waals surface area contributed by atoms with E-state index in [1.165, 1.54) is 0 Å². The van der Waals surface area contributed by atoms with E-state index in [0.717, 1.165) is 4.68 Å². The van der Waals surface area contributed by atoms with Crippen molar-refractivity contribution in [3.8, 4) is 0 Å². The molecular weight excluding hydrogens is 351 g/mol. The molecule has 0 bridgehead atoms. The molecule has 0 aliphatic rings. The van der Waals surface area contributed by atoms with Crippen LogP contribution < -0.4 is 10.9 Å². The number of rotatable bonds is 3. The van der Waals surface area contributed by atoms with E-state index in [-0.39, 0.29) is 5.56 Å². The molecule has 0 fully saturated rings. The number of nitrogens with zero attached hydrogens (tertiary/aromatic N) is 3. The Labute approximate surface area is 147 Å². The number of anilines is 1. The lowest BCUT2D eigenvalue weighted by Gasteiger charge is -2.14. The number of amides is 1. The van der Waals surface area contributed by atoms with Crippen LogP contribution in [0.1, 0.15) is 13.0 Å². The summed E-state index contributed by atoms with van der Waals surface area (Å²) in [7, 11) is 0. The zero-order chi connectivity index (χ0) is 17.3. The Balaban J connectivity index is 1.91. The van der Waals surface area contributed by atoms with Gasteiger partial charge < -0.3 is 5.32 Å². The first-order valence-corrected chi connectivity index (χ1v) is 7.82. The number of hydrogen-bond donors (Lipinski definition) is 1. The average molecular weight is 363 g/mol. The average Bonchev–Trinajstić information content (AvgIpc) is 2.54. The fourth-order valence-corrected chi connectivity index (χ4v) is 2.77. The number of benzene rings is 2. The van der Waals surface area contributed by atoms with E-state index in [2.05, 4.69) is 15.6 Å². The fraction of sp³-hybridized carbons (Fsp3) is 0.125. The number of fused-ring (bicyclic) bond motifs is 1. The summed E-state index contributed by atoms with van der Waals surface area (Å²) >= 11 is 11.8. The van der Waals surface area contributed by atoms with Crippen molar-refractivity contribution in [1.82, 2.24) is 15.0 Å². The van der Waals surface area contributed by atoms with Gasteiger partial charge in [-0.3, -0.25) is 9.59 Å². The summed E-state index contributed by atoms with van der Waals surface area (Å²) in [6, 6.07) is 10.7. The molecule has 1 N–H and O–H groups in total. The van der Waals surface area contributed by atoms with Crippen LogP contribution in [0.15, 0.2) is 47.3 Å². The summed E-state index contributed by atoms with van der Waals surface area (Å²) in [5.41, 5.74) is 0.534. The maximum absolute atomic E-state index is 12.5. The van der Waals surface area contributed by atoms with E-state index in [4.69, 9.17) is 23.2 Å². The molecule has 0 unspecified atom stereocenters. The minimum atomic E-state index is -0.854. The van der Waals surface area contributed by atoms with Gasteiger partial charge in [0.15, 0.2) is 0 Å². The van der Waals surface area contributed by atoms with E-state index in [9.17, 15) is 9.59 Å². The van der Waals surface area contributed by atoms with Crippen LogP contribution in [0.5, 0.6) is 0 Å². The smallest absolute Gasteiger partial charge is 0.278 e. The van der Waals surface area contributed by atoms with Gasteiger partial charge in [0.2, 0.25) is 5.91 Å². The molecule has 122 valence electrons. The first-order chi connectivity index (χ1) is 11.5. The van der Waals surface area contributed by atoms with E-state index < -0.39 is 11.9 Å². The fourth-order valence-electron chi connectivity index (χ4n) is 2.24. The topological polar surface area (TPSA) is 76.9 Å². The number of hydrogen-bond acceptors (Lipinski definition) is 4. The monoisotopic (exact) mass is 362 g/mol. The van der Waals surface area contributed by atoms with Crippen LogP contribution in [0, 0.1) is 0 Å². The van der Waals surface area contributed by atoms with Gasteiger partial charge in [-0.15, -0.1) is 5.10 Å². The van der Waals surface area contributed by atoms with E-state index in [0.29, 0.717) is 26.6 Å². The summed E-state index contributed by atoms with van der Waals surface area (Å²) in [6.07, 6.45) is 0. The van der Waals surface area contributed by atoms with Crippen LogP contribution in [-0.2, 0) is 4.79 Å². The Morgan fingerprint density at radius 1 is 1.17 bits per heavy atom. The molecule has 1 heterocycles. The second-order valence-electron chi connectivity index (χ2n) is 5.18. The van der Waals surface area contributed by atoms with Crippen LogP contribution >= 0.6 is 23.2 Å². The molecule has 8 heteroatoms. The van der Waals surface area contributed by atoms with Gasteiger partial charge in [-0.05, 0) is 37.3 Å². The third kappa shape index (κ3) is 3.25. The minimum absolute atomic E-state index is 0.382. The molecule has 1 amide bonds. The van der Waals surface area contributed by atoms with Crippen LogP contribution in [-0.4, -0.2) is 20.9 Å². The highest BCUT2D eigenvalue weighted by Gasteiger charge is 2.19. The van der Waals surface area contributed by atoms with Crippen molar-refractivity contribution < 1.29 is 4.79 Å². The number of carbonyl (C=O) groups excluding carboxylic acids is 1. The van der Waals surface area contributed by atoms with Gasteiger partial charge in [-0.1, -0.05) is 40.5 Å². The summed E-state index contributed by atoms with van der Waals surface area (Å²) in [5.74, 6) is -0.431. The maximum Gasteiger partial charge on any atom is 0.278 e. The van der Waals surface area contributed by atoms with Crippen LogP contribution in [0.3, 0.4) is 0 Å². The Hall–Kier alpha value is -2.44. The SMILES string of the molecule is C[C@H](C(=O)Nc1cc(Cl)cc(Cl)c1)n1nnc2ccccc2c1=O. The summed E-state index contributed by atoms with van der Waals surface area (Å²) in [6.45, 7) is 1.56. The zero-order valence-corrected chi connectivity index (χ0v) is 14.0. The van der Waals surface area contributed by atoms with Gasteiger partial charge in [0.05, 0.1) is 5.39 Å². The highest BCUT2D eigenvalue weighted by molar-refractivity contribution is 6.35. The Kier molecular flexibility index (Phi) is 4.51. The molecule has 1 aromatic heterocycles. The number of nitrogens with one attached hydrogen (secondary N) is 1. The van der Waals surface area contributed by atoms with E-state index >= 15 is 0 Å². The van der Waals surface area contributed by atoms with E-state index in [1.807, 2.05) is 0 Å². The molecular formula is C16H12Cl2N4O2. The van der Waals surface area contributed by atoms with Crippen molar-refractivity contribution >= 4 is 45.7 Å². The molecule has 3 aromatic rings. The molecule has 1 atom stereocenters. The van der Waals surface area contributed by atoms with Gasteiger partial charge in [-0.25, -0.2) is 0 Å². The zero-order valence-electron chi connectivity index (χ0n) is 12.5. The molecule has 3 rings (SSSR count). The normalized spacial score (nSPS) is 12.1. The first-order valence-electron chi connectivity index (χ1n) is 7.07. The van der Waals surface area contributed by atoms with Gasteiger partial charge in [0, 0.05) is 15.7 Å². The maximum atomic E-state index is 12.5. The van der Waals surface area contributed by atoms with Gasteiger partial charge >= 0.3 is 0 Å². The molecule has 0 aliphatic heterocycles. The van der Waals surface area contributed by atoms with Gasteiger partial charge in [0.25, 0.3) is 5.56 Å². The quantitative estimate of drug-likeness (QED) is 0.775. The van der Waals surface area contributed by atoms with Gasteiger partial charge in [-0.2, -0.15) is 4.68 Å². The Morgan fingerprint density at radius 2 is 1.83 bits per heavy atom. The van der Waals surface area contributed by atoms with Crippen molar-refractivity contribution in [3.05, 3.63) is 62.9 Å². The van der Waals surface area contributed by atoms with Crippen LogP contribution in [0.25, 0.3) is 10.9 Å². The summed E-state index contributed by atoms with van der Waals surface area (Å²) < 4.78 is 1.05. The second kappa shape index (κ2) is 6.59. The highest BCUT2D eigenvalue weighted by atomic mass is 35.5. The van der Waals surface area contributed by atoms with E-state index in [1.54, 1.807) is 49.4 Å². The van der Waals surface area contributed by atoms with Crippen molar-refractivity contribution in [3.63, 3.8) is 0 Å². The lowest BCUT2D eigenvalue weighted by molar-refractivity contribution is -0.119. The molecule has 0 spiro atoms. The lowest BCUT2D eigenvalue weighted by atomic mass is 10.2. The van der Waals surface area contributed by atoms with Crippen molar-refractivity contribution in [2.75, 3.05) is 5.32 Å². The number of carbonyl (C=O) groups is 1. The predicted molar refractivity (Wildman–Crippen MR) is 93.6 cm³/mol. The number of halogens is 2. The summed E-state index contributed by atoms with van der Waals surface area (Å²) in [4.78, 5) is 24.9. The molecule has 0 radical (unpaired) electrons. The lowest BCUT2D eigenvalue weighted by Crippen LogP contribution is -2.34. The largest absolute Gasteiger partial charge is 0.324 e. The molecule has 6 nitrogen and oxygen atoms in total. The van der Waals surface area contributed by atoms with Crippen molar-refractivity contribution in [2.45, 2.75) is 13.0 Å². The first kappa shape index (κ1) is 16.4. The van der Waals surface area contributed by atoms with Crippen LogP contribution in [0.2, 0.25) is 10.0 Å². The van der Waals surface area contributed by atoms with Crippen molar-refractivity contribution in [2.24, 2.45) is 0 Å². The second-order valence-corrected chi connectivity index (χ2v) is 6.05. The highest BCUT2D eigenvalue weighted by Crippen LogP contribution is 2.23. The third-order valence-corrected chi connectivity index (χ3v) is 3.90. The Bertz CT molecular complexity index is 967. The Morgan fingerprint density at radius 3 is 2.54 bits per heavy atom.